The predicted molar refractivity (Wildman–Crippen MR) is 109 cm³/mol. The molecule has 1 atom stereocenters. The second-order valence-electron chi connectivity index (χ2n) is 7.64. The van der Waals surface area contributed by atoms with E-state index >= 15 is 0 Å². The quantitative estimate of drug-likeness (QED) is 0.781. The number of nitrogens with one attached hydrogen (secondary N) is 2. The average Bonchev–Trinajstić information content (AvgIpc) is 3.23. The van der Waals surface area contributed by atoms with Gasteiger partial charge in [0.1, 0.15) is 5.76 Å². The van der Waals surface area contributed by atoms with Crippen molar-refractivity contribution in [1.29, 1.82) is 0 Å². The molecule has 1 aliphatic carbocycles. The smallest absolute Gasteiger partial charge is 0.315 e. The summed E-state index contributed by atoms with van der Waals surface area (Å²) in [6, 6.07) is 8.41. The van der Waals surface area contributed by atoms with Crippen molar-refractivity contribution in [2.24, 2.45) is 0 Å². The fourth-order valence-electron chi connectivity index (χ4n) is 4.17. The van der Waals surface area contributed by atoms with Crippen LogP contribution in [0.15, 0.2) is 45.9 Å². The van der Waals surface area contributed by atoms with Crippen molar-refractivity contribution in [3.8, 4) is 0 Å². The minimum absolute atomic E-state index is 0.0789. The Morgan fingerprint density at radius 2 is 1.90 bits per heavy atom. The second-order valence-corrected chi connectivity index (χ2v) is 9.55. The highest BCUT2D eigenvalue weighted by molar-refractivity contribution is 7.89. The van der Waals surface area contributed by atoms with Gasteiger partial charge in [0.15, 0.2) is 0 Å². The van der Waals surface area contributed by atoms with Crippen molar-refractivity contribution in [3.63, 3.8) is 0 Å². The first-order chi connectivity index (χ1) is 14.1. The molecular weight excluding hydrogens is 390 g/mol. The highest BCUT2D eigenvalue weighted by atomic mass is 32.2. The van der Waals surface area contributed by atoms with E-state index < -0.39 is 10.0 Å². The van der Waals surface area contributed by atoms with Crippen molar-refractivity contribution < 1.29 is 17.6 Å². The number of hydrogen-bond donors (Lipinski definition) is 2. The number of carbonyl (C=O) groups excluding carboxylic acids is 1. The lowest BCUT2D eigenvalue weighted by molar-refractivity contribution is 0.234. The van der Waals surface area contributed by atoms with Crippen molar-refractivity contribution in [2.75, 3.05) is 13.1 Å². The van der Waals surface area contributed by atoms with Gasteiger partial charge in [-0.15, -0.1) is 0 Å². The van der Waals surface area contributed by atoms with Crippen LogP contribution in [0.4, 0.5) is 4.79 Å². The van der Waals surface area contributed by atoms with Crippen molar-refractivity contribution in [3.05, 3.63) is 53.5 Å². The van der Waals surface area contributed by atoms with E-state index in [9.17, 15) is 13.2 Å². The topological polar surface area (TPSA) is 91.7 Å². The van der Waals surface area contributed by atoms with Crippen LogP contribution in [0, 0.1) is 0 Å². The Labute approximate surface area is 171 Å². The number of amides is 2. The van der Waals surface area contributed by atoms with Gasteiger partial charge >= 0.3 is 6.03 Å². The third-order valence-electron chi connectivity index (χ3n) is 5.70. The Bertz CT molecular complexity index is 964. The third kappa shape index (κ3) is 4.33. The minimum atomic E-state index is -3.55. The number of benzene rings is 1. The van der Waals surface area contributed by atoms with Gasteiger partial charge in [0.25, 0.3) is 0 Å². The summed E-state index contributed by atoms with van der Waals surface area (Å²) in [6.07, 6.45) is 7.21. The number of sulfonamides is 1. The van der Waals surface area contributed by atoms with E-state index in [4.69, 9.17) is 4.42 Å². The van der Waals surface area contributed by atoms with Crippen molar-refractivity contribution in [2.45, 2.75) is 56.0 Å². The zero-order valence-corrected chi connectivity index (χ0v) is 17.2. The number of fused-ring (bicyclic) bond motifs is 1. The van der Waals surface area contributed by atoms with Crippen molar-refractivity contribution in [1.82, 2.24) is 14.9 Å². The first-order valence-corrected chi connectivity index (χ1v) is 11.7. The molecule has 0 radical (unpaired) electrons. The molecule has 2 N–H and O–H groups in total. The Hall–Kier alpha value is -2.32. The Balaban J connectivity index is 1.42. The summed E-state index contributed by atoms with van der Waals surface area (Å²) in [5.74, 6) is 0.930. The van der Waals surface area contributed by atoms with Crippen LogP contribution in [0.2, 0.25) is 0 Å². The molecule has 1 fully saturated rings. The van der Waals surface area contributed by atoms with Gasteiger partial charge in [-0.1, -0.05) is 24.6 Å². The fourth-order valence-corrected chi connectivity index (χ4v) is 5.91. The first-order valence-electron chi connectivity index (χ1n) is 10.2. The minimum Gasteiger partial charge on any atom is -0.469 e. The molecule has 0 saturated carbocycles. The number of piperidine rings is 1. The van der Waals surface area contributed by atoms with Gasteiger partial charge in [0.2, 0.25) is 10.0 Å². The number of nitrogens with zero attached hydrogens (tertiary/aromatic N) is 1. The Kier molecular flexibility index (Phi) is 5.91. The van der Waals surface area contributed by atoms with E-state index in [1.165, 1.54) is 0 Å². The number of urea groups is 1. The van der Waals surface area contributed by atoms with Crippen LogP contribution >= 0.6 is 0 Å². The maximum atomic E-state index is 13.1. The predicted octanol–water partition coefficient (Wildman–Crippen LogP) is 3.33. The van der Waals surface area contributed by atoms with Crippen LogP contribution in [0.3, 0.4) is 0 Å². The summed E-state index contributed by atoms with van der Waals surface area (Å²) in [5.41, 5.74) is 1.63. The average molecular weight is 418 g/mol. The molecule has 1 saturated heterocycles. The summed E-state index contributed by atoms with van der Waals surface area (Å²) in [6.45, 7) is 1.26. The molecule has 4 rings (SSSR count). The van der Waals surface area contributed by atoms with Crippen LogP contribution in [0.5, 0.6) is 0 Å². The Morgan fingerprint density at radius 3 is 2.72 bits per heavy atom. The molecule has 1 unspecified atom stereocenters. The van der Waals surface area contributed by atoms with Gasteiger partial charge in [0, 0.05) is 31.6 Å². The molecule has 2 aliphatic rings. The van der Waals surface area contributed by atoms with Crippen LogP contribution in [0.25, 0.3) is 0 Å². The van der Waals surface area contributed by atoms with Gasteiger partial charge in [-0.05, 0) is 43.4 Å². The summed E-state index contributed by atoms with van der Waals surface area (Å²) >= 11 is 0. The van der Waals surface area contributed by atoms with Crippen LogP contribution in [-0.2, 0) is 23.0 Å². The van der Waals surface area contributed by atoms with Crippen LogP contribution in [-0.4, -0.2) is 31.8 Å². The number of furan rings is 1. The van der Waals surface area contributed by atoms with Gasteiger partial charge < -0.3 is 15.1 Å². The lowest BCUT2D eigenvalue weighted by Crippen LogP contribution is -2.39. The molecule has 156 valence electrons. The standard InChI is InChI=1S/C21H27N3O4S/c25-21(23-18-8-6-9-19-17(18)11-14-28-19)22-15-16-7-2-3-10-20(16)29(26,27)24-12-4-1-5-13-24/h2-3,7,10-11,14,18H,1,4-6,8-9,12-13,15H2,(H2,22,23,25). The summed E-state index contributed by atoms with van der Waals surface area (Å²) in [5, 5.41) is 5.80. The molecule has 1 aromatic carbocycles. The van der Waals surface area contributed by atoms with E-state index in [1.807, 2.05) is 6.07 Å². The lowest BCUT2D eigenvalue weighted by Gasteiger charge is -2.27. The molecule has 7 nitrogen and oxygen atoms in total. The largest absolute Gasteiger partial charge is 0.469 e. The molecule has 2 heterocycles. The number of rotatable bonds is 5. The maximum absolute atomic E-state index is 13.1. The van der Waals surface area contributed by atoms with E-state index in [1.54, 1.807) is 34.8 Å². The van der Waals surface area contributed by atoms with Gasteiger partial charge in [-0.25, -0.2) is 13.2 Å². The number of carbonyl (C=O) groups is 1. The highest BCUT2D eigenvalue weighted by Crippen LogP contribution is 2.30. The van der Waals surface area contributed by atoms with E-state index in [0.717, 1.165) is 49.8 Å². The molecule has 0 spiro atoms. The molecule has 8 heteroatoms. The summed E-state index contributed by atoms with van der Waals surface area (Å²) < 4.78 is 33.1. The molecular formula is C21H27N3O4S. The third-order valence-corrected chi connectivity index (χ3v) is 7.70. The summed E-state index contributed by atoms with van der Waals surface area (Å²) in [7, 11) is -3.55. The first kappa shape index (κ1) is 20.0. The van der Waals surface area contributed by atoms with E-state index in [-0.39, 0.29) is 23.5 Å². The SMILES string of the molecule is O=C(NCc1ccccc1S(=O)(=O)N1CCCCC1)NC1CCCc2occc21. The maximum Gasteiger partial charge on any atom is 0.315 e. The summed E-state index contributed by atoms with van der Waals surface area (Å²) in [4.78, 5) is 12.7. The zero-order chi connectivity index (χ0) is 20.3. The van der Waals surface area contributed by atoms with E-state index in [2.05, 4.69) is 10.6 Å². The molecule has 29 heavy (non-hydrogen) atoms. The molecule has 0 bridgehead atoms. The number of hydrogen-bond acceptors (Lipinski definition) is 4. The zero-order valence-electron chi connectivity index (χ0n) is 16.4. The van der Waals surface area contributed by atoms with Crippen LogP contribution in [0.1, 0.15) is 55.0 Å². The molecule has 2 aromatic rings. The molecule has 1 aliphatic heterocycles. The molecule has 2 amide bonds. The fraction of sp³-hybridized carbons (Fsp3) is 0.476. The monoisotopic (exact) mass is 417 g/mol. The van der Waals surface area contributed by atoms with E-state index in [0.29, 0.717) is 18.7 Å². The molecule has 1 aromatic heterocycles. The van der Waals surface area contributed by atoms with Gasteiger partial charge in [-0.2, -0.15) is 4.31 Å². The van der Waals surface area contributed by atoms with Gasteiger partial charge in [-0.3, -0.25) is 0 Å². The highest BCUT2D eigenvalue weighted by Gasteiger charge is 2.28. The second kappa shape index (κ2) is 8.59. The van der Waals surface area contributed by atoms with Gasteiger partial charge in [0.05, 0.1) is 17.2 Å². The lowest BCUT2D eigenvalue weighted by atomic mass is 9.93. The number of aryl methyl sites for hydroxylation is 1. The van der Waals surface area contributed by atoms with Crippen LogP contribution < -0.4 is 10.6 Å². The Morgan fingerprint density at radius 1 is 1.10 bits per heavy atom. The van der Waals surface area contributed by atoms with Crippen molar-refractivity contribution >= 4 is 16.1 Å². The normalized spacial score (nSPS) is 20.1.